The van der Waals surface area contributed by atoms with Gasteiger partial charge in [0.2, 0.25) is 0 Å². The topological polar surface area (TPSA) is 20.2 Å². The fourth-order valence-corrected chi connectivity index (χ4v) is 3.10. The number of aliphatic hydroxyl groups is 1. The molecule has 0 bridgehead atoms. The lowest BCUT2D eigenvalue weighted by Gasteiger charge is -2.30. The van der Waals surface area contributed by atoms with Gasteiger partial charge in [0.1, 0.15) is 5.60 Å². The van der Waals surface area contributed by atoms with Crippen molar-refractivity contribution >= 4 is 23.2 Å². The van der Waals surface area contributed by atoms with Crippen LogP contribution in [0.25, 0.3) is 0 Å². The Balaban J connectivity index is 2.27. The number of halogens is 2. The molecule has 0 saturated heterocycles. The molecular weight excluding hydrogens is 327 g/mol. The van der Waals surface area contributed by atoms with Crippen LogP contribution in [0.1, 0.15) is 22.3 Å². The minimum absolute atomic E-state index is 0.579. The van der Waals surface area contributed by atoms with Gasteiger partial charge in [-0.05, 0) is 47.9 Å². The van der Waals surface area contributed by atoms with Crippen molar-refractivity contribution in [2.75, 3.05) is 0 Å². The highest BCUT2D eigenvalue weighted by Gasteiger charge is 2.34. The zero-order valence-corrected chi connectivity index (χ0v) is 14.1. The van der Waals surface area contributed by atoms with E-state index in [-0.39, 0.29) is 0 Å². The van der Waals surface area contributed by atoms with Gasteiger partial charge in [-0.3, -0.25) is 0 Å². The maximum Gasteiger partial charge on any atom is 0.140 e. The van der Waals surface area contributed by atoms with Crippen molar-refractivity contribution in [2.45, 2.75) is 12.5 Å². The minimum atomic E-state index is -1.32. The first kappa shape index (κ1) is 16.1. The Bertz CT molecular complexity index is 780. The molecular formula is C20H16Cl2O. The Morgan fingerprint density at radius 2 is 1.17 bits per heavy atom. The number of benzene rings is 3. The van der Waals surface area contributed by atoms with Crippen LogP contribution in [0.5, 0.6) is 0 Å². The second-order valence-electron chi connectivity index (χ2n) is 5.60. The summed E-state index contributed by atoms with van der Waals surface area (Å²) in [5.74, 6) is 0. The van der Waals surface area contributed by atoms with Crippen LogP contribution in [-0.2, 0) is 5.60 Å². The summed E-state index contributed by atoms with van der Waals surface area (Å²) in [6, 6.07) is 22.4. The van der Waals surface area contributed by atoms with Crippen molar-refractivity contribution in [1.82, 2.24) is 0 Å². The molecule has 1 nitrogen and oxygen atoms in total. The van der Waals surface area contributed by atoms with E-state index in [4.69, 9.17) is 23.2 Å². The number of hydrogen-bond donors (Lipinski definition) is 1. The molecule has 0 spiro atoms. The fourth-order valence-electron chi connectivity index (χ4n) is 2.72. The normalized spacial score (nSPS) is 11.5. The molecule has 3 aromatic rings. The predicted octanol–water partition coefficient (Wildman–Crippen LogP) is 5.59. The molecule has 1 N–H and O–H groups in total. The molecule has 0 fully saturated rings. The SMILES string of the molecule is Cc1ccc(C(O)(c2cccc(Cl)c2)c2cccc(Cl)c2)cc1. The summed E-state index contributed by atoms with van der Waals surface area (Å²) in [4.78, 5) is 0. The van der Waals surface area contributed by atoms with Gasteiger partial charge in [-0.15, -0.1) is 0 Å². The van der Waals surface area contributed by atoms with Crippen molar-refractivity contribution in [1.29, 1.82) is 0 Å². The second-order valence-corrected chi connectivity index (χ2v) is 6.47. The molecule has 0 saturated carbocycles. The first-order chi connectivity index (χ1) is 11.0. The summed E-state index contributed by atoms with van der Waals surface area (Å²) < 4.78 is 0. The van der Waals surface area contributed by atoms with E-state index in [0.717, 1.165) is 11.1 Å². The first-order valence-electron chi connectivity index (χ1n) is 7.32. The Morgan fingerprint density at radius 3 is 1.61 bits per heavy atom. The Hall–Kier alpha value is -1.80. The predicted molar refractivity (Wildman–Crippen MR) is 96.2 cm³/mol. The fraction of sp³-hybridized carbons (Fsp3) is 0.100. The van der Waals surface area contributed by atoms with Crippen LogP contribution in [0.4, 0.5) is 0 Å². The van der Waals surface area contributed by atoms with Gasteiger partial charge in [0.05, 0.1) is 0 Å². The Labute approximate surface area is 146 Å². The summed E-state index contributed by atoms with van der Waals surface area (Å²) in [6.45, 7) is 2.02. The highest BCUT2D eigenvalue weighted by Crippen LogP contribution is 2.38. The first-order valence-corrected chi connectivity index (χ1v) is 8.07. The smallest absolute Gasteiger partial charge is 0.140 e. The summed E-state index contributed by atoms with van der Waals surface area (Å²) in [5.41, 5.74) is 2.00. The van der Waals surface area contributed by atoms with Gasteiger partial charge in [-0.1, -0.05) is 77.3 Å². The molecule has 0 aliphatic heterocycles. The zero-order valence-electron chi connectivity index (χ0n) is 12.6. The summed E-state index contributed by atoms with van der Waals surface area (Å²) in [5, 5.41) is 12.8. The Morgan fingerprint density at radius 1 is 0.696 bits per heavy atom. The Kier molecular flexibility index (Phi) is 4.45. The van der Waals surface area contributed by atoms with E-state index in [0.29, 0.717) is 21.2 Å². The number of hydrogen-bond acceptors (Lipinski definition) is 1. The van der Waals surface area contributed by atoms with Gasteiger partial charge in [-0.25, -0.2) is 0 Å². The van der Waals surface area contributed by atoms with Crippen LogP contribution >= 0.6 is 23.2 Å². The molecule has 3 aromatic carbocycles. The van der Waals surface area contributed by atoms with Gasteiger partial charge in [0.25, 0.3) is 0 Å². The lowest BCUT2D eigenvalue weighted by molar-refractivity contribution is 0.125. The number of rotatable bonds is 3. The molecule has 0 aliphatic carbocycles. The highest BCUT2D eigenvalue weighted by molar-refractivity contribution is 6.31. The van der Waals surface area contributed by atoms with Gasteiger partial charge in [-0.2, -0.15) is 0 Å². The molecule has 0 heterocycles. The molecule has 3 rings (SSSR count). The van der Waals surface area contributed by atoms with E-state index in [1.165, 1.54) is 0 Å². The maximum atomic E-state index is 11.6. The second kappa shape index (κ2) is 6.37. The van der Waals surface area contributed by atoms with Gasteiger partial charge < -0.3 is 5.11 Å². The third kappa shape index (κ3) is 3.13. The van der Waals surface area contributed by atoms with E-state index in [1.807, 2.05) is 55.5 Å². The van der Waals surface area contributed by atoms with Crippen LogP contribution < -0.4 is 0 Å². The molecule has 23 heavy (non-hydrogen) atoms. The van der Waals surface area contributed by atoms with E-state index in [2.05, 4.69) is 0 Å². The van der Waals surface area contributed by atoms with Crippen LogP contribution in [-0.4, -0.2) is 5.11 Å². The molecule has 0 aliphatic rings. The molecule has 0 radical (unpaired) electrons. The molecule has 0 unspecified atom stereocenters. The van der Waals surface area contributed by atoms with E-state index in [1.54, 1.807) is 24.3 Å². The van der Waals surface area contributed by atoms with Crippen molar-refractivity contribution in [3.05, 3.63) is 105 Å². The van der Waals surface area contributed by atoms with Crippen LogP contribution in [0, 0.1) is 6.92 Å². The standard InChI is InChI=1S/C20H16Cl2O/c1-14-8-10-15(11-9-14)20(23,16-4-2-6-18(21)12-16)17-5-3-7-19(22)13-17/h2-13,23H,1H3. The van der Waals surface area contributed by atoms with Crippen LogP contribution in [0.3, 0.4) is 0 Å². The van der Waals surface area contributed by atoms with Crippen molar-refractivity contribution < 1.29 is 5.11 Å². The van der Waals surface area contributed by atoms with Crippen molar-refractivity contribution in [2.24, 2.45) is 0 Å². The highest BCUT2D eigenvalue weighted by atomic mass is 35.5. The lowest BCUT2D eigenvalue weighted by atomic mass is 9.80. The largest absolute Gasteiger partial charge is 0.376 e. The lowest BCUT2D eigenvalue weighted by Crippen LogP contribution is -2.28. The molecule has 0 aromatic heterocycles. The van der Waals surface area contributed by atoms with Crippen molar-refractivity contribution in [3.8, 4) is 0 Å². The zero-order chi connectivity index (χ0) is 16.4. The third-order valence-electron chi connectivity index (χ3n) is 3.95. The van der Waals surface area contributed by atoms with E-state index in [9.17, 15) is 5.11 Å². The average molecular weight is 343 g/mol. The van der Waals surface area contributed by atoms with E-state index < -0.39 is 5.60 Å². The van der Waals surface area contributed by atoms with Gasteiger partial charge in [0, 0.05) is 10.0 Å². The van der Waals surface area contributed by atoms with E-state index >= 15 is 0 Å². The summed E-state index contributed by atoms with van der Waals surface area (Å²) in [7, 11) is 0. The molecule has 0 amide bonds. The maximum absolute atomic E-state index is 11.6. The summed E-state index contributed by atoms with van der Waals surface area (Å²) >= 11 is 12.3. The average Bonchev–Trinajstić information content (AvgIpc) is 2.55. The molecule has 0 atom stereocenters. The minimum Gasteiger partial charge on any atom is -0.376 e. The quantitative estimate of drug-likeness (QED) is 0.615. The monoisotopic (exact) mass is 342 g/mol. The third-order valence-corrected chi connectivity index (χ3v) is 4.42. The van der Waals surface area contributed by atoms with Crippen LogP contribution in [0.15, 0.2) is 72.8 Å². The van der Waals surface area contributed by atoms with Crippen molar-refractivity contribution in [3.63, 3.8) is 0 Å². The summed E-state index contributed by atoms with van der Waals surface area (Å²) in [6.07, 6.45) is 0. The molecule has 116 valence electrons. The molecule has 3 heteroatoms. The van der Waals surface area contributed by atoms with Gasteiger partial charge in [0.15, 0.2) is 0 Å². The van der Waals surface area contributed by atoms with Crippen LogP contribution in [0.2, 0.25) is 10.0 Å². The van der Waals surface area contributed by atoms with Gasteiger partial charge >= 0.3 is 0 Å². The number of aryl methyl sites for hydroxylation is 1.